The molecule has 0 saturated carbocycles. The van der Waals surface area contributed by atoms with Gasteiger partial charge in [-0.05, 0) is 24.3 Å². The van der Waals surface area contributed by atoms with Crippen LogP contribution >= 0.6 is 0 Å². The molecule has 1 aromatic heterocycles. The Hall–Kier alpha value is -2.78. The van der Waals surface area contributed by atoms with Crippen LogP contribution in [0.2, 0.25) is 0 Å². The number of hydrogen-bond acceptors (Lipinski definition) is 3. The molecule has 24 heavy (non-hydrogen) atoms. The number of hydrogen-bond donors (Lipinski definition) is 2. The van der Waals surface area contributed by atoms with Crippen LogP contribution in [0.5, 0.6) is 5.75 Å². The van der Waals surface area contributed by atoms with E-state index in [1.54, 1.807) is 0 Å². The molecule has 0 bridgehead atoms. The molecule has 0 radical (unpaired) electrons. The van der Waals surface area contributed by atoms with Crippen molar-refractivity contribution in [2.75, 3.05) is 5.32 Å². The maximum absolute atomic E-state index is 12.8. The molecule has 1 amide bonds. The molecule has 128 valence electrons. The van der Waals surface area contributed by atoms with Gasteiger partial charge in [-0.3, -0.25) is 9.78 Å². The first kappa shape index (κ1) is 17.6. The molecule has 0 aliphatic heterocycles. The number of pyridine rings is 1. The van der Waals surface area contributed by atoms with Gasteiger partial charge < -0.3 is 10.4 Å². The number of nitrogens with zero attached hydrogens (tertiary/aromatic N) is 1. The summed E-state index contributed by atoms with van der Waals surface area (Å²) in [7, 11) is 0. The topological polar surface area (TPSA) is 62.2 Å². The second-order valence-electron chi connectivity index (χ2n) is 4.60. The number of carbonyl (C=O) groups is 1. The summed E-state index contributed by atoms with van der Waals surface area (Å²) in [4.78, 5) is 15.2. The molecule has 2 N–H and O–H groups in total. The number of alkyl halides is 6. The highest BCUT2D eigenvalue weighted by Crippen LogP contribution is 2.35. The zero-order valence-electron chi connectivity index (χ0n) is 11.5. The summed E-state index contributed by atoms with van der Waals surface area (Å²) in [6.45, 7) is 0. The Morgan fingerprint density at radius 1 is 1.04 bits per heavy atom. The van der Waals surface area contributed by atoms with Gasteiger partial charge in [0.2, 0.25) is 0 Å². The molecule has 2 aromatic rings. The van der Waals surface area contributed by atoms with Crippen molar-refractivity contribution in [2.45, 2.75) is 12.4 Å². The van der Waals surface area contributed by atoms with Gasteiger partial charge >= 0.3 is 12.4 Å². The standard InChI is InChI=1S/C14H8F6N2O2/c15-13(16,17)7-1-2-11(23)10(5-7)22-12(24)8-3-4-21-6-9(8)14(18,19)20/h1-6,23H,(H,22,24). The fourth-order valence-corrected chi connectivity index (χ4v) is 1.82. The van der Waals surface area contributed by atoms with Gasteiger partial charge in [-0.15, -0.1) is 0 Å². The Morgan fingerprint density at radius 2 is 1.71 bits per heavy atom. The van der Waals surface area contributed by atoms with Crippen LogP contribution in [0.25, 0.3) is 0 Å². The largest absolute Gasteiger partial charge is 0.506 e. The van der Waals surface area contributed by atoms with Crippen molar-refractivity contribution in [3.05, 3.63) is 53.3 Å². The zero-order chi connectivity index (χ0) is 18.1. The number of aromatic nitrogens is 1. The molecular formula is C14H8F6N2O2. The van der Waals surface area contributed by atoms with E-state index in [2.05, 4.69) is 4.98 Å². The van der Waals surface area contributed by atoms with Gasteiger partial charge in [-0.2, -0.15) is 26.3 Å². The number of phenols is 1. The first-order chi connectivity index (χ1) is 11.0. The normalized spacial score (nSPS) is 12.1. The SMILES string of the molecule is O=C(Nc1cc(C(F)(F)F)ccc1O)c1ccncc1C(F)(F)F. The summed E-state index contributed by atoms with van der Waals surface area (Å²) < 4.78 is 76.4. The summed E-state index contributed by atoms with van der Waals surface area (Å²) >= 11 is 0. The molecule has 0 aliphatic carbocycles. The third-order valence-electron chi connectivity index (χ3n) is 2.94. The molecular weight excluding hydrogens is 342 g/mol. The predicted molar refractivity (Wildman–Crippen MR) is 70.3 cm³/mol. The summed E-state index contributed by atoms with van der Waals surface area (Å²) in [6, 6.07) is 2.43. The van der Waals surface area contributed by atoms with E-state index in [9.17, 15) is 36.2 Å². The number of aromatic hydroxyl groups is 1. The third-order valence-corrected chi connectivity index (χ3v) is 2.94. The molecule has 10 heteroatoms. The summed E-state index contributed by atoms with van der Waals surface area (Å²) in [5.74, 6) is -2.06. The van der Waals surface area contributed by atoms with Crippen LogP contribution < -0.4 is 5.32 Å². The fraction of sp³-hybridized carbons (Fsp3) is 0.143. The highest BCUT2D eigenvalue weighted by molar-refractivity contribution is 6.06. The van der Waals surface area contributed by atoms with Gasteiger partial charge in [0.25, 0.3) is 5.91 Å². The van der Waals surface area contributed by atoms with Crippen molar-refractivity contribution in [2.24, 2.45) is 0 Å². The monoisotopic (exact) mass is 350 g/mol. The average molecular weight is 350 g/mol. The quantitative estimate of drug-likeness (QED) is 0.634. The van der Waals surface area contributed by atoms with E-state index in [0.29, 0.717) is 24.4 Å². The number of nitrogens with one attached hydrogen (secondary N) is 1. The lowest BCUT2D eigenvalue weighted by Crippen LogP contribution is -2.19. The van der Waals surface area contributed by atoms with Crippen LogP contribution in [0.3, 0.4) is 0 Å². The average Bonchev–Trinajstić information content (AvgIpc) is 2.47. The molecule has 2 rings (SSSR count). The van der Waals surface area contributed by atoms with Gasteiger partial charge in [0, 0.05) is 12.4 Å². The lowest BCUT2D eigenvalue weighted by atomic mass is 10.1. The maximum Gasteiger partial charge on any atom is 0.418 e. The number of carbonyl (C=O) groups excluding carboxylic acids is 1. The summed E-state index contributed by atoms with van der Waals surface area (Å²) in [6.07, 6.45) is -8.28. The molecule has 1 aromatic carbocycles. The molecule has 0 fully saturated rings. The van der Waals surface area contributed by atoms with Crippen molar-refractivity contribution in [3.63, 3.8) is 0 Å². The Bertz CT molecular complexity index is 771. The molecule has 0 spiro atoms. The Morgan fingerprint density at radius 3 is 2.29 bits per heavy atom. The van der Waals surface area contributed by atoms with Crippen LogP contribution in [0.4, 0.5) is 32.0 Å². The number of amides is 1. The number of anilines is 1. The van der Waals surface area contributed by atoms with E-state index >= 15 is 0 Å². The first-order valence-electron chi connectivity index (χ1n) is 6.23. The first-order valence-corrected chi connectivity index (χ1v) is 6.23. The smallest absolute Gasteiger partial charge is 0.418 e. The van der Waals surface area contributed by atoms with Crippen molar-refractivity contribution in [1.82, 2.24) is 4.98 Å². The zero-order valence-corrected chi connectivity index (χ0v) is 11.5. The van der Waals surface area contributed by atoms with Gasteiger partial charge in [0.15, 0.2) is 0 Å². The second kappa shape index (κ2) is 6.02. The Kier molecular flexibility index (Phi) is 4.41. The van der Waals surface area contributed by atoms with Gasteiger partial charge in [0.05, 0.1) is 22.4 Å². The Balaban J connectivity index is 2.38. The van der Waals surface area contributed by atoms with E-state index < -0.39 is 46.4 Å². The number of benzene rings is 1. The van der Waals surface area contributed by atoms with Crippen LogP contribution in [0, 0.1) is 0 Å². The second-order valence-corrected chi connectivity index (χ2v) is 4.60. The van der Waals surface area contributed by atoms with Crippen LogP contribution in [-0.2, 0) is 12.4 Å². The van der Waals surface area contributed by atoms with E-state index in [0.717, 1.165) is 12.3 Å². The highest BCUT2D eigenvalue weighted by Gasteiger charge is 2.36. The lowest BCUT2D eigenvalue weighted by molar-refractivity contribution is -0.138. The van der Waals surface area contributed by atoms with E-state index in [-0.39, 0.29) is 0 Å². The molecule has 0 unspecified atom stereocenters. The van der Waals surface area contributed by atoms with Crippen LogP contribution in [0.15, 0.2) is 36.7 Å². The fourth-order valence-electron chi connectivity index (χ4n) is 1.82. The predicted octanol–water partition coefficient (Wildman–Crippen LogP) is 4.08. The molecule has 1 heterocycles. The van der Waals surface area contributed by atoms with E-state index in [1.165, 1.54) is 0 Å². The summed E-state index contributed by atoms with van der Waals surface area (Å²) in [5, 5.41) is 11.3. The van der Waals surface area contributed by atoms with E-state index in [4.69, 9.17) is 0 Å². The van der Waals surface area contributed by atoms with E-state index in [1.807, 2.05) is 5.32 Å². The van der Waals surface area contributed by atoms with Gasteiger partial charge in [-0.25, -0.2) is 0 Å². The maximum atomic E-state index is 12.8. The van der Waals surface area contributed by atoms with Crippen molar-refractivity contribution in [1.29, 1.82) is 0 Å². The van der Waals surface area contributed by atoms with Crippen molar-refractivity contribution >= 4 is 11.6 Å². The van der Waals surface area contributed by atoms with Crippen molar-refractivity contribution < 1.29 is 36.2 Å². The minimum atomic E-state index is -4.88. The lowest BCUT2D eigenvalue weighted by Gasteiger charge is -2.14. The highest BCUT2D eigenvalue weighted by atomic mass is 19.4. The van der Waals surface area contributed by atoms with Crippen LogP contribution in [0.1, 0.15) is 21.5 Å². The third kappa shape index (κ3) is 3.76. The number of halogens is 6. The summed E-state index contributed by atoms with van der Waals surface area (Å²) in [5.41, 5.74) is -4.04. The molecule has 0 aliphatic rings. The van der Waals surface area contributed by atoms with Gasteiger partial charge in [-0.1, -0.05) is 0 Å². The molecule has 0 saturated heterocycles. The van der Waals surface area contributed by atoms with Gasteiger partial charge in [0.1, 0.15) is 5.75 Å². The Labute approximate surface area is 130 Å². The number of phenolic OH excluding ortho intramolecular Hbond substituents is 1. The molecule has 0 atom stereocenters. The minimum absolute atomic E-state index is 0.418. The minimum Gasteiger partial charge on any atom is -0.506 e. The number of rotatable bonds is 2. The van der Waals surface area contributed by atoms with Crippen LogP contribution in [-0.4, -0.2) is 16.0 Å². The van der Waals surface area contributed by atoms with Crippen molar-refractivity contribution in [3.8, 4) is 5.75 Å². The molecule has 4 nitrogen and oxygen atoms in total.